The van der Waals surface area contributed by atoms with E-state index in [2.05, 4.69) is 6.07 Å². The van der Waals surface area contributed by atoms with Crippen molar-refractivity contribution in [3.8, 4) is 5.75 Å². The first kappa shape index (κ1) is 8.57. The summed E-state index contributed by atoms with van der Waals surface area (Å²) < 4.78 is 5.55. The third-order valence-electron chi connectivity index (χ3n) is 2.51. The van der Waals surface area contributed by atoms with Crippen LogP contribution in [0.15, 0.2) is 12.1 Å². The minimum absolute atomic E-state index is 0.115. The first-order chi connectivity index (χ1) is 6.09. The van der Waals surface area contributed by atoms with Crippen LogP contribution in [0.5, 0.6) is 5.75 Å². The minimum Gasteiger partial charge on any atom is -0.487 e. The zero-order chi connectivity index (χ0) is 9.59. The van der Waals surface area contributed by atoms with E-state index in [1.807, 2.05) is 26.8 Å². The number of aliphatic hydroxyl groups excluding tert-OH is 1. The maximum Gasteiger partial charge on any atom is 0.128 e. The number of ether oxygens (including phenoxy) is 1. The molecule has 1 N–H and O–H groups in total. The van der Waals surface area contributed by atoms with Crippen molar-refractivity contribution in [3.63, 3.8) is 0 Å². The Morgan fingerprint density at radius 1 is 1.31 bits per heavy atom. The third-order valence-corrected chi connectivity index (χ3v) is 2.51. The van der Waals surface area contributed by atoms with Gasteiger partial charge < -0.3 is 9.84 Å². The SMILES string of the molecule is Cc1cc(C)c2c(c1)C(O)C(C)O2. The molecule has 0 saturated carbocycles. The summed E-state index contributed by atoms with van der Waals surface area (Å²) >= 11 is 0. The minimum atomic E-state index is -0.464. The lowest BCUT2D eigenvalue weighted by atomic mass is 10.0. The van der Waals surface area contributed by atoms with Crippen LogP contribution in [0.2, 0.25) is 0 Å². The van der Waals surface area contributed by atoms with Crippen molar-refractivity contribution in [2.45, 2.75) is 33.0 Å². The molecule has 0 saturated heterocycles. The number of aryl methyl sites for hydroxylation is 2. The zero-order valence-corrected chi connectivity index (χ0v) is 8.16. The highest BCUT2D eigenvalue weighted by Crippen LogP contribution is 2.39. The van der Waals surface area contributed by atoms with Gasteiger partial charge in [0.2, 0.25) is 0 Å². The summed E-state index contributed by atoms with van der Waals surface area (Å²) in [5.41, 5.74) is 3.22. The number of rotatable bonds is 0. The van der Waals surface area contributed by atoms with Gasteiger partial charge in [0.05, 0.1) is 0 Å². The fourth-order valence-electron chi connectivity index (χ4n) is 1.87. The van der Waals surface area contributed by atoms with Gasteiger partial charge in [-0.05, 0) is 32.4 Å². The maximum atomic E-state index is 9.77. The Kier molecular flexibility index (Phi) is 1.81. The van der Waals surface area contributed by atoms with Crippen LogP contribution >= 0.6 is 0 Å². The zero-order valence-electron chi connectivity index (χ0n) is 8.16. The van der Waals surface area contributed by atoms with Crippen LogP contribution in [0.25, 0.3) is 0 Å². The van der Waals surface area contributed by atoms with Gasteiger partial charge in [0.15, 0.2) is 0 Å². The monoisotopic (exact) mass is 178 g/mol. The van der Waals surface area contributed by atoms with Gasteiger partial charge in [-0.1, -0.05) is 11.6 Å². The van der Waals surface area contributed by atoms with E-state index in [1.54, 1.807) is 0 Å². The van der Waals surface area contributed by atoms with E-state index in [0.29, 0.717) is 0 Å². The Hall–Kier alpha value is -1.02. The summed E-state index contributed by atoms with van der Waals surface area (Å²) in [5.74, 6) is 0.866. The molecule has 0 radical (unpaired) electrons. The molecule has 1 heterocycles. The van der Waals surface area contributed by atoms with Gasteiger partial charge in [-0.25, -0.2) is 0 Å². The average molecular weight is 178 g/mol. The first-order valence-electron chi connectivity index (χ1n) is 4.55. The van der Waals surface area contributed by atoms with Gasteiger partial charge in [0.25, 0.3) is 0 Å². The highest BCUT2D eigenvalue weighted by molar-refractivity contribution is 5.47. The van der Waals surface area contributed by atoms with Gasteiger partial charge in [-0.15, -0.1) is 0 Å². The highest BCUT2D eigenvalue weighted by atomic mass is 16.5. The van der Waals surface area contributed by atoms with Gasteiger partial charge in [-0.2, -0.15) is 0 Å². The summed E-state index contributed by atoms with van der Waals surface area (Å²) in [5, 5.41) is 9.77. The molecule has 2 nitrogen and oxygen atoms in total. The van der Waals surface area contributed by atoms with Crippen LogP contribution in [0.1, 0.15) is 29.7 Å². The summed E-state index contributed by atoms with van der Waals surface area (Å²) in [7, 11) is 0. The number of hydrogen-bond donors (Lipinski definition) is 1. The number of hydrogen-bond acceptors (Lipinski definition) is 2. The number of aliphatic hydroxyl groups is 1. The molecule has 13 heavy (non-hydrogen) atoms. The van der Waals surface area contributed by atoms with Crippen LogP contribution in [0.3, 0.4) is 0 Å². The predicted molar refractivity (Wildman–Crippen MR) is 51.0 cm³/mol. The molecule has 1 aliphatic rings. The fourth-order valence-corrected chi connectivity index (χ4v) is 1.87. The van der Waals surface area contributed by atoms with E-state index < -0.39 is 6.10 Å². The topological polar surface area (TPSA) is 29.5 Å². The Bertz CT molecular complexity index is 344. The third kappa shape index (κ3) is 1.22. The van der Waals surface area contributed by atoms with Crippen LogP contribution in [0, 0.1) is 13.8 Å². The lowest BCUT2D eigenvalue weighted by Crippen LogP contribution is -2.12. The molecule has 0 spiro atoms. The molecule has 0 aliphatic carbocycles. The van der Waals surface area contributed by atoms with Gasteiger partial charge in [-0.3, -0.25) is 0 Å². The van der Waals surface area contributed by atoms with E-state index in [1.165, 1.54) is 5.56 Å². The standard InChI is InChI=1S/C11H14O2/c1-6-4-7(2)11-9(5-6)10(12)8(3)13-11/h4-5,8,10,12H,1-3H3. The molecule has 1 aliphatic heterocycles. The molecule has 0 bridgehead atoms. The van der Waals surface area contributed by atoms with E-state index in [4.69, 9.17) is 4.74 Å². The molecule has 0 amide bonds. The molecule has 1 aromatic rings. The predicted octanol–water partition coefficient (Wildman–Crippen LogP) is 2.12. The summed E-state index contributed by atoms with van der Waals surface area (Å²) in [4.78, 5) is 0. The number of benzene rings is 1. The fraction of sp³-hybridized carbons (Fsp3) is 0.455. The Morgan fingerprint density at radius 3 is 2.69 bits per heavy atom. The van der Waals surface area contributed by atoms with Crippen LogP contribution in [-0.4, -0.2) is 11.2 Å². The van der Waals surface area contributed by atoms with E-state index in [-0.39, 0.29) is 6.10 Å². The summed E-state index contributed by atoms with van der Waals surface area (Å²) in [6, 6.07) is 4.07. The van der Waals surface area contributed by atoms with Crippen molar-refractivity contribution < 1.29 is 9.84 Å². The van der Waals surface area contributed by atoms with Crippen LogP contribution in [-0.2, 0) is 0 Å². The molecular weight excluding hydrogens is 164 g/mol. The normalized spacial score (nSPS) is 25.5. The molecule has 2 rings (SSSR count). The largest absolute Gasteiger partial charge is 0.487 e. The molecule has 1 aromatic carbocycles. The van der Waals surface area contributed by atoms with Crippen molar-refractivity contribution in [2.24, 2.45) is 0 Å². The first-order valence-corrected chi connectivity index (χ1v) is 4.55. The van der Waals surface area contributed by atoms with Crippen molar-refractivity contribution in [2.75, 3.05) is 0 Å². The van der Waals surface area contributed by atoms with Crippen LogP contribution in [0.4, 0.5) is 0 Å². The van der Waals surface area contributed by atoms with Crippen molar-refractivity contribution in [1.82, 2.24) is 0 Å². The van der Waals surface area contributed by atoms with Gasteiger partial charge >= 0.3 is 0 Å². The van der Waals surface area contributed by atoms with E-state index in [9.17, 15) is 5.11 Å². The second-order valence-corrected chi connectivity index (χ2v) is 3.77. The smallest absolute Gasteiger partial charge is 0.128 e. The van der Waals surface area contributed by atoms with Gasteiger partial charge in [0.1, 0.15) is 18.0 Å². The lowest BCUT2D eigenvalue weighted by molar-refractivity contribution is 0.0793. The summed E-state index contributed by atoms with van der Waals surface area (Å²) in [6.45, 7) is 5.93. The second-order valence-electron chi connectivity index (χ2n) is 3.77. The Morgan fingerprint density at radius 2 is 2.00 bits per heavy atom. The van der Waals surface area contributed by atoms with E-state index >= 15 is 0 Å². The number of fused-ring (bicyclic) bond motifs is 1. The second kappa shape index (κ2) is 2.74. The Balaban J connectivity index is 2.57. The van der Waals surface area contributed by atoms with Crippen LogP contribution < -0.4 is 4.74 Å². The van der Waals surface area contributed by atoms with Crippen molar-refractivity contribution >= 4 is 0 Å². The Labute approximate surface area is 78.2 Å². The highest BCUT2D eigenvalue weighted by Gasteiger charge is 2.30. The molecule has 2 unspecified atom stereocenters. The summed E-state index contributed by atoms with van der Waals surface area (Å²) in [6.07, 6.45) is -0.580. The van der Waals surface area contributed by atoms with Gasteiger partial charge in [0, 0.05) is 5.56 Å². The van der Waals surface area contributed by atoms with Crippen molar-refractivity contribution in [1.29, 1.82) is 0 Å². The molecule has 2 heteroatoms. The maximum absolute atomic E-state index is 9.77. The molecule has 70 valence electrons. The van der Waals surface area contributed by atoms with E-state index in [0.717, 1.165) is 16.9 Å². The average Bonchev–Trinajstić information content (AvgIpc) is 2.32. The lowest BCUT2D eigenvalue weighted by Gasteiger charge is -2.06. The molecule has 2 atom stereocenters. The molecule has 0 fully saturated rings. The quantitative estimate of drug-likeness (QED) is 0.659. The molecular formula is C11H14O2. The molecule has 0 aromatic heterocycles. The van der Waals surface area contributed by atoms with Crippen molar-refractivity contribution in [3.05, 3.63) is 28.8 Å².